The molecule has 52 heteroatoms. The van der Waals surface area contributed by atoms with Crippen molar-refractivity contribution in [1.29, 1.82) is 5.41 Å². The number of primary amides is 1. The number of guanidine groups is 1. The van der Waals surface area contributed by atoms with Crippen molar-refractivity contribution in [2.24, 2.45) is 11.5 Å². The van der Waals surface area contributed by atoms with Gasteiger partial charge in [-0.25, -0.2) is 4.98 Å². The molecule has 2 unspecified atom stereocenters. The number of hydrogen-bond donors (Lipinski definition) is 27. The normalized spacial score (nSPS) is 20.4. The summed E-state index contributed by atoms with van der Waals surface area (Å²) in [6.07, 6.45) is -2.27. The van der Waals surface area contributed by atoms with E-state index in [4.69, 9.17) is 16.9 Å². The van der Waals surface area contributed by atoms with E-state index in [1.807, 2.05) is 0 Å². The van der Waals surface area contributed by atoms with Crippen molar-refractivity contribution in [3.63, 3.8) is 0 Å². The molecule has 0 aromatic carbocycles. The lowest BCUT2D eigenvalue weighted by Gasteiger charge is -2.30. The Labute approximate surface area is 685 Å². The molecule has 3 rings (SSSR count). The van der Waals surface area contributed by atoms with Crippen LogP contribution < -0.4 is 96.5 Å². The number of carboxylic acids is 4. The van der Waals surface area contributed by atoms with Gasteiger partial charge in [0, 0.05) is 69.2 Å². The van der Waals surface area contributed by atoms with Gasteiger partial charge in [-0.3, -0.25) is 107 Å². The maximum atomic E-state index is 14.6. The number of fused-ring (bicyclic) bond motifs is 1. The molecule has 117 heavy (non-hydrogen) atoms. The Bertz CT molecular complexity index is 3700. The summed E-state index contributed by atoms with van der Waals surface area (Å²) in [7, 11) is 1.35. The number of H-pyrrole nitrogens is 1. The largest absolute Gasteiger partial charge is 0.481 e. The van der Waals surface area contributed by atoms with Crippen LogP contribution in [0, 0.1) is 5.41 Å². The second-order valence-electron chi connectivity index (χ2n) is 26.4. The van der Waals surface area contributed by atoms with Gasteiger partial charge < -0.3 is 132 Å². The summed E-state index contributed by atoms with van der Waals surface area (Å²) < 4.78 is 0. The fourth-order valence-electron chi connectivity index (χ4n) is 10.9. The minimum atomic E-state index is -2.17. The second-order valence-corrected chi connectivity index (χ2v) is 30.3. The molecule has 3 heterocycles. The Morgan fingerprint density at radius 2 is 1.13 bits per heavy atom. The third kappa shape index (κ3) is 36.5. The molecular weight excluding hydrogens is 1630 g/mol. The highest BCUT2D eigenvalue weighted by Crippen LogP contribution is 2.25. The summed E-state index contributed by atoms with van der Waals surface area (Å²) >= 11 is 5.31. The van der Waals surface area contributed by atoms with E-state index in [0.29, 0.717) is 21.6 Å². The number of thiol groups is 1. The molecule has 2 aliphatic heterocycles. The number of aliphatic carboxylic acids is 4. The zero-order chi connectivity index (χ0) is 87.8. The number of nitrogens with two attached hydrogens (primary N) is 2. The van der Waals surface area contributed by atoms with Crippen LogP contribution in [0.25, 0.3) is 0 Å². The van der Waals surface area contributed by atoms with E-state index in [0.717, 1.165) is 23.6 Å². The lowest BCUT2D eigenvalue weighted by molar-refractivity contribution is -0.146. The first-order valence-corrected chi connectivity index (χ1v) is 40.8. The third-order valence-electron chi connectivity index (χ3n) is 17.3. The van der Waals surface area contributed by atoms with Crippen LogP contribution in [0.2, 0.25) is 0 Å². The van der Waals surface area contributed by atoms with Crippen molar-refractivity contribution in [1.82, 2.24) is 99.9 Å². The molecule has 16 amide bonds. The van der Waals surface area contributed by atoms with Gasteiger partial charge in [-0.05, 0) is 77.2 Å². The molecule has 48 nitrogen and oxygen atoms in total. The molecule has 1 aromatic rings. The number of carbonyl (C=O) groups excluding carboxylic acids is 16. The van der Waals surface area contributed by atoms with Crippen molar-refractivity contribution in [3.8, 4) is 0 Å². The summed E-state index contributed by atoms with van der Waals surface area (Å²) in [6.45, 7) is 0.797. The van der Waals surface area contributed by atoms with Gasteiger partial charge in [0.25, 0.3) is 0 Å². The first kappa shape index (κ1) is 100. The van der Waals surface area contributed by atoms with Crippen LogP contribution in [0.4, 0.5) is 0 Å². The number of carbonyl (C=O) groups is 20. The van der Waals surface area contributed by atoms with Crippen molar-refractivity contribution in [3.05, 3.63) is 18.2 Å². The van der Waals surface area contributed by atoms with Gasteiger partial charge in [-0.2, -0.15) is 24.4 Å². The fraction of sp³-hybridized carbons (Fsp3) is 0.631. The van der Waals surface area contributed by atoms with Crippen molar-refractivity contribution in [2.75, 3.05) is 62.2 Å². The molecule has 15 atom stereocenters. The van der Waals surface area contributed by atoms with Crippen LogP contribution in [0.3, 0.4) is 0 Å². The minimum absolute atomic E-state index is 0.0779. The molecule has 2 aliphatic rings. The number of amides is 16. The van der Waals surface area contributed by atoms with Gasteiger partial charge in [-0.15, -0.1) is 0 Å². The molecule has 0 saturated carbocycles. The standard InChI is InChI=1S/C65H102N22O26S4/c1-29(74-53(102)33(7-5-16-70-65(67)68)77-61(110)42(24-114)73-28-71-31(3)90)52(101)83-40(22-88)59(108)80-37(15-18-115-4)57(106)78-35(10-13-47(93)94)55(104)84-41(23-89)60(109)79-36(11-14-48(95)96)56(105)86-44-26-117-116-25-43(50(66)99)85-58(107)38(19-32-21-69-27-72-32)81-54(103)34(9-12-46(91)92)76-51(100)30(2)75-63(112)45-8-6-17-87(45)64(113)39(20-49(97)98)82-62(44)111/h21,27,29-30,33-45,73,88-89,114H,5-20,22-26,28H2,1-4H3,(H2,66,99)(H,69,72)(H,71,90)(H,74,102)(H,75,112)(H,76,100)(H,77,110)(H,78,106)(H,79,109)(H,80,108)(H,81,103)(H,82,111)(H,83,101)(H,84,104)(H,85,107)(H,86,105)(H,91,92)(H,93,94)(H,95,96)(H,97,98)(H4,67,68,70)/t29-,30-,33-,34-,35-,36-,37-,38?,39-,40-,41-,42-,43-,44?,45-/m0/s1. The monoisotopic (exact) mass is 1730 g/mol. The Balaban J connectivity index is 1.98. The fourth-order valence-corrected chi connectivity index (χ4v) is 14.1. The molecule has 28 N–H and O–H groups in total. The molecule has 652 valence electrons. The Morgan fingerprint density at radius 3 is 1.66 bits per heavy atom. The summed E-state index contributed by atoms with van der Waals surface area (Å²) in [4.78, 5) is 276. The number of rotatable bonds is 43. The molecule has 0 radical (unpaired) electrons. The number of nitrogens with zero attached hydrogens (tertiary/aromatic N) is 2. The minimum Gasteiger partial charge on any atom is -0.481 e. The Kier molecular flexibility index (Phi) is 44.6. The van der Waals surface area contributed by atoms with Crippen LogP contribution in [0.5, 0.6) is 0 Å². The van der Waals surface area contributed by atoms with Crippen LogP contribution in [-0.2, 0) is 102 Å². The van der Waals surface area contributed by atoms with E-state index in [1.165, 1.54) is 26.4 Å². The van der Waals surface area contributed by atoms with Crippen molar-refractivity contribution >= 4 is 170 Å². The topological polar surface area (TPSA) is 763 Å². The number of aliphatic hydroxyl groups excluding tert-OH is 2. The van der Waals surface area contributed by atoms with E-state index in [1.54, 1.807) is 6.26 Å². The van der Waals surface area contributed by atoms with Gasteiger partial charge in [0.05, 0.1) is 44.4 Å². The highest BCUT2D eigenvalue weighted by molar-refractivity contribution is 8.76. The van der Waals surface area contributed by atoms with E-state index < -0.39 is 285 Å². The zero-order valence-corrected chi connectivity index (χ0v) is 67.3. The number of aliphatic hydroxyl groups is 2. The number of aromatic amines is 1. The van der Waals surface area contributed by atoms with Crippen LogP contribution >= 0.6 is 46.0 Å². The van der Waals surface area contributed by atoms with Crippen LogP contribution in [-0.4, -0.2) is 323 Å². The van der Waals surface area contributed by atoms with Gasteiger partial charge in [0.15, 0.2) is 5.96 Å². The predicted octanol–water partition coefficient (Wildman–Crippen LogP) is -10.8. The van der Waals surface area contributed by atoms with Gasteiger partial charge in [-0.1, -0.05) is 21.6 Å². The summed E-state index contributed by atoms with van der Waals surface area (Å²) in [5, 5.41) is 105. The average Bonchev–Trinajstić information content (AvgIpc) is 1.80. The molecule has 2 fully saturated rings. The molecule has 0 spiro atoms. The number of aromatic nitrogens is 2. The summed E-state index contributed by atoms with van der Waals surface area (Å²) in [5.41, 5.74) is 11.2. The highest BCUT2D eigenvalue weighted by atomic mass is 33.1. The molecule has 2 saturated heterocycles. The number of hydrogen-bond acceptors (Lipinski definition) is 29. The molecular formula is C65H102N22O26S4. The lowest BCUT2D eigenvalue weighted by Crippen LogP contribution is -2.61. The van der Waals surface area contributed by atoms with Gasteiger partial charge >= 0.3 is 23.9 Å². The first-order chi connectivity index (χ1) is 55.2. The van der Waals surface area contributed by atoms with E-state index in [9.17, 15) is 127 Å². The smallest absolute Gasteiger partial charge is 0.305 e. The van der Waals surface area contributed by atoms with E-state index >= 15 is 0 Å². The second kappa shape index (κ2) is 52.0. The number of nitrogens with one attached hydrogen (secondary N) is 18. The number of thioether (sulfide) groups is 1. The Morgan fingerprint density at radius 1 is 0.615 bits per heavy atom. The highest BCUT2D eigenvalue weighted by Gasteiger charge is 2.42. The third-order valence-corrected chi connectivity index (χ3v) is 20.7. The first-order valence-electron chi connectivity index (χ1n) is 36.3. The Hall–Kier alpha value is -10.8. The van der Waals surface area contributed by atoms with Gasteiger partial charge in [0.2, 0.25) is 94.5 Å². The number of carboxylic acid groups (broad SMARTS) is 4. The summed E-state index contributed by atoms with van der Waals surface area (Å²) in [6, 6.07) is -25.6. The predicted molar refractivity (Wildman–Crippen MR) is 416 cm³/mol. The molecule has 0 bridgehead atoms. The zero-order valence-electron chi connectivity index (χ0n) is 63.9. The quantitative estimate of drug-likeness (QED) is 0.00721. The van der Waals surface area contributed by atoms with Crippen LogP contribution in [0.15, 0.2) is 12.5 Å². The van der Waals surface area contributed by atoms with Crippen LogP contribution in [0.1, 0.15) is 104 Å². The van der Waals surface area contributed by atoms with Crippen molar-refractivity contribution < 1.29 is 127 Å². The number of imidazole rings is 1. The average molecular weight is 1740 g/mol. The summed E-state index contributed by atoms with van der Waals surface area (Å²) in [5.74, 6) is -25.5. The molecule has 1 aromatic heterocycles. The lowest BCUT2D eigenvalue weighted by atomic mass is 10.1. The molecule has 0 aliphatic carbocycles. The van der Waals surface area contributed by atoms with Gasteiger partial charge in [0.1, 0.15) is 84.6 Å². The van der Waals surface area contributed by atoms with E-state index in [2.05, 4.69) is 108 Å². The van der Waals surface area contributed by atoms with E-state index in [-0.39, 0.29) is 75.0 Å². The SMILES string of the molecule is CSCC[C@H](NC(=O)[C@H](CO)NC(=O)[C@H](C)NC(=O)[C@H](CCCNC(=N)N)NC(=O)[C@H](CS)NCNC(C)=O)C(=O)N[C@@H](CCC(=O)O)C(=O)N[C@@H](CO)C(=O)N[C@@H](CCC(=O)O)C(=O)NC1CSSC[C@@H](C(N)=O)NC(=O)C(Cc2c[nH]cn2)NC(=O)[C@H](CCC(=O)O)NC(=O)[C@H](C)NC(=O)[C@@H]2CCCN2C(=O)[C@H](CC(=O)O)NC1=O. The maximum absolute atomic E-state index is 14.6. The maximum Gasteiger partial charge on any atom is 0.305 e. The van der Waals surface area contributed by atoms with Crippen molar-refractivity contribution in [2.45, 2.75) is 195 Å².